The summed E-state index contributed by atoms with van der Waals surface area (Å²) in [5.41, 5.74) is 3.79. The smallest absolute Gasteiger partial charge is 0.243 e. The Bertz CT molecular complexity index is 725. The van der Waals surface area contributed by atoms with Crippen molar-refractivity contribution in [3.63, 3.8) is 0 Å². The number of anilines is 1. The van der Waals surface area contributed by atoms with Gasteiger partial charge >= 0.3 is 0 Å². The number of amides is 2. The van der Waals surface area contributed by atoms with E-state index in [1.807, 2.05) is 42.7 Å². The zero-order valence-corrected chi connectivity index (χ0v) is 13.1. The lowest BCUT2D eigenvalue weighted by Crippen LogP contribution is -2.56. The number of piperazine rings is 1. The molecule has 7 nitrogen and oxygen atoms in total. The molecule has 1 aliphatic heterocycles. The van der Waals surface area contributed by atoms with Crippen molar-refractivity contribution in [3.8, 4) is 5.69 Å². The molecule has 3 rings (SSSR count). The van der Waals surface area contributed by atoms with Gasteiger partial charge < -0.3 is 15.2 Å². The van der Waals surface area contributed by atoms with Crippen molar-refractivity contribution in [2.75, 3.05) is 18.4 Å². The maximum Gasteiger partial charge on any atom is 0.243 e. The van der Waals surface area contributed by atoms with Gasteiger partial charge in [0.05, 0.1) is 18.6 Å². The summed E-state index contributed by atoms with van der Waals surface area (Å²) >= 11 is 0. The summed E-state index contributed by atoms with van der Waals surface area (Å²) in [7, 11) is 0. The lowest BCUT2D eigenvalue weighted by Gasteiger charge is -2.23. The average Bonchev–Trinajstić information content (AvgIpc) is 2.88. The molecule has 0 aliphatic carbocycles. The maximum absolute atomic E-state index is 12.1. The van der Waals surface area contributed by atoms with Gasteiger partial charge in [-0.2, -0.15) is 0 Å². The van der Waals surface area contributed by atoms with Crippen LogP contribution >= 0.6 is 0 Å². The highest BCUT2D eigenvalue weighted by Gasteiger charge is 2.23. The van der Waals surface area contributed by atoms with Crippen LogP contribution in [0.5, 0.6) is 0 Å². The van der Waals surface area contributed by atoms with E-state index in [0.717, 1.165) is 17.1 Å². The largest absolute Gasteiger partial charge is 0.353 e. The number of carbonyl (C=O) groups excluding carboxylic acids is 2. The third-order valence-electron chi connectivity index (χ3n) is 3.99. The van der Waals surface area contributed by atoms with E-state index in [-0.39, 0.29) is 18.4 Å². The normalized spacial score (nSPS) is 17.7. The van der Waals surface area contributed by atoms with Gasteiger partial charge in [-0.15, -0.1) is 0 Å². The summed E-state index contributed by atoms with van der Waals surface area (Å²) < 4.78 is 2.00. The van der Waals surface area contributed by atoms with Gasteiger partial charge in [0, 0.05) is 23.6 Å². The van der Waals surface area contributed by atoms with Crippen molar-refractivity contribution in [1.29, 1.82) is 0 Å². The van der Waals surface area contributed by atoms with Gasteiger partial charge in [0.2, 0.25) is 11.8 Å². The molecule has 1 saturated heterocycles. The predicted octanol–water partition coefficient (Wildman–Crippen LogP) is 0.516. The van der Waals surface area contributed by atoms with Gasteiger partial charge in [-0.25, -0.2) is 4.98 Å². The molecule has 120 valence electrons. The van der Waals surface area contributed by atoms with Gasteiger partial charge in [0.1, 0.15) is 6.04 Å². The van der Waals surface area contributed by atoms with Crippen LogP contribution < -0.4 is 16.0 Å². The summed E-state index contributed by atoms with van der Waals surface area (Å²) in [4.78, 5) is 27.5. The lowest BCUT2D eigenvalue weighted by molar-refractivity contribution is -0.124. The summed E-state index contributed by atoms with van der Waals surface area (Å²) in [6, 6.07) is 7.15. The Kier molecular flexibility index (Phi) is 4.12. The zero-order valence-electron chi connectivity index (χ0n) is 13.1. The minimum Gasteiger partial charge on any atom is -0.353 e. The number of aromatic nitrogens is 2. The first kappa shape index (κ1) is 15.2. The fourth-order valence-electron chi connectivity index (χ4n) is 2.45. The Morgan fingerprint density at radius 2 is 2.04 bits per heavy atom. The van der Waals surface area contributed by atoms with Crippen molar-refractivity contribution in [3.05, 3.63) is 42.0 Å². The van der Waals surface area contributed by atoms with E-state index < -0.39 is 6.04 Å². The number of benzene rings is 1. The van der Waals surface area contributed by atoms with E-state index in [2.05, 4.69) is 20.9 Å². The first-order valence-electron chi connectivity index (χ1n) is 7.46. The van der Waals surface area contributed by atoms with Gasteiger partial charge in [-0.3, -0.25) is 14.9 Å². The van der Waals surface area contributed by atoms with Crippen molar-refractivity contribution < 1.29 is 9.59 Å². The second kappa shape index (κ2) is 6.21. The van der Waals surface area contributed by atoms with E-state index in [4.69, 9.17) is 0 Å². The highest BCUT2D eigenvalue weighted by Crippen LogP contribution is 2.16. The van der Waals surface area contributed by atoms with Crippen molar-refractivity contribution >= 4 is 17.5 Å². The molecule has 0 radical (unpaired) electrons. The second-order valence-corrected chi connectivity index (χ2v) is 5.56. The molecule has 0 saturated carbocycles. The molecule has 1 aliphatic rings. The van der Waals surface area contributed by atoms with Crippen LogP contribution in [-0.2, 0) is 9.59 Å². The summed E-state index contributed by atoms with van der Waals surface area (Å²) in [6.45, 7) is 4.45. The van der Waals surface area contributed by atoms with Crippen LogP contribution in [0, 0.1) is 13.8 Å². The number of hydrogen-bond acceptors (Lipinski definition) is 4. The van der Waals surface area contributed by atoms with E-state index in [9.17, 15) is 9.59 Å². The Morgan fingerprint density at radius 1 is 1.30 bits per heavy atom. The number of nitrogens with one attached hydrogen (secondary N) is 3. The fourth-order valence-corrected chi connectivity index (χ4v) is 2.45. The second-order valence-electron chi connectivity index (χ2n) is 5.56. The molecule has 1 aromatic carbocycles. The Hall–Kier alpha value is -2.67. The molecular formula is C16H19N5O2. The van der Waals surface area contributed by atoms with E-state index >= 15 is 0 Å². The molecule has 2 amide bonds. The van der Waals surface area contributed by atoms with Crippen molar-refractivity contribution in [2.45, 2.75) is 19.9 Å². The highest BCUT2D eigenvalue weighted by molar-refractivity contribution is 5.96. The van der Waals surface area contributed by atoms with Gasteiger partial charge in [-0.05, 0) is 38.1 Å². The predicted molar refractivity (Wildman–Crippen MR) is 86.5 cm³/mol. The minimum absolute atomic E-state index is 0.0931. The third-order valence-corrected chi connectivity index (χ3v) is 3.99. The molecule has 0 bridgehead atoms. The molecule has 23 heavy (non-hydrogen) atoms. The first-order valence-corrected chi connectivity index (χ1v) is 7.46. The molecule has 2 aromatic rings. The Labute approximate surface area is 134 Å². The number of nitrogens with zero attached hydrogens (tertiary/aromatic N) is 2. The molecule has 1 atom stereocenters. The average molecular weight is 313 g/mol. The summed E-state index contributed by atoms with van der Waals surface area (Å²) in [5.74, 6) is -0.253. The number of aryl methyl sites for hydroxylation is 1. The number of imidazole rings is 1. The first-order chi connectivity index (χ1) is 11.0. The molecule has 3 N–H and O–H groups in total. The fraction of sp³-hybridized carbons (Fsp3) is 0.312. The van der Waals surface area contributed by atoms with Crippen LogP contribution in [0.25, 0.3) is 5.69 Å². The molecule has 0 spiro atoms. The van der Waals surface area contributed by atoms with Gasteiger partial charge in [0.15, 0.2) is 0 Å². The molecule has 7 heteroatoms. The van der Waals surface area contributed by atoms with Crippen LogP contribution in [0.15, 0.2) is 30.6 Å². The standard InChI is InChI=1S/C16H19N5O2/c1-10-11(2)21(9-19-10)13-5-3-12(4-6-13)20-16(23)14-7-18-15(22)8-17-14/h3-6,9,14,17H,7-8H2,1-2H3,(H,18,22)(H,20,23). The number of rotatable bonds is 3. The number of hydrogen-bond donors (Lipinski definition) is 3. The van der Waals surface area contributed by atoms with E-state index in [0.29, 0.717) is 12.2 Å². The van der Waals surface area contributed by atoms with Crippen LogP contribution in [0.1, 0.15) is 11.4 Å². The minimum atomic E-state index is -0.411. The van der Waals surface area contributed by atoms with Crippen molar-refractivity contribution in [2.24, 2.45) is 0 Å². The quantitative estimate of drug-likeness (QED) is 0.771. The highest BCUT2D eigenvalue weighted by atomic mass is 16.2. The molecule has 2 heterocycles. The van der Waals surface area contributed by atoms with Gasteiger partial charge in [-0.1, -0.05) is 0 Å². The van der Waals surface area contributed by atoms with E-state index in [1.165, 1.54) is 0 Å². The van der Waals surface area contributed by atoms with Crippen molar-refractivity contribution in [1.82, 2.24) is 20.2 Å². The molecule has 1 aromatic heterocycles. The lowest BCUT2D eigenvalue weighted by atomic mass is 10.2. The number of carbonyl (C=O) groups is 2. The molecule has 1 unspecified atom stereocenters. The summed E-state index contributed by atoms with van der Waals surface area (Å²) in [5, 5.41) is 8.41. The monoisotopic (exact) mass is 313 g/mol. The zero-order chi connectivity index (χ0) is 16.4. The maximum atomic E-state index is 12.1. The Morgan fingerprint density at radius 3 is 2.61 bits per heavy atom. The third kappa shape index (κ3) is 3.24. The Balaban J connectivity index is 1.67. The van der Waals surface area contributed by atoms with Crippen LogP contribution in [-0.4, -0.2) is 40.5 Å². The molecule has 1 fully saturated rings. The van der Waals surface area contributed by atoms with Crippen LogP contribution in [0.4, 0.5) is 5.69 Å². The summed E-state index contributed by atoms with van der Waals surface area (Å²) in [6.07, 6.45) is 1.78. The van der Waals surface area contributed by atoms with Crippen LogP contribution in [0.2, 0.25) is 0 Å². The van der Waals surface area contributed by atoms with E-state index in [1.54, 1.807) is 6.33 Å². The molecular weight excluding hydrogens is 294 g/mol. The topological polar surface area (TPSA) is 88.1 Å². The van der Waals surface area contributed by atoms with Crippen LogP contribution in [0.3, 0.4) is 0 Å². The SMILES string of the molecule is Cc1ncn(-c2ccc(NC(=O)C3CNC(=O)CN3)cc2)c1C. The van der Waals surface area contributed by atoms with Gasteiger partial charge in [0.25, 0.3) is 0 Å².